The number of ether oxygens (including phenoxy) is 3. The molecule has 61 heavy (non-hydrogen) atoms. The zero-order chi connectivity index (χ0) is 42.1. The largest absolute Gasteiger partial charge is 0.465 e. The topological polar surface area (TPSA) is 132 Å². The van der Waals surface area contributed by atoms with Gasteiger partial charge in [-0.1, -0.05) is 121 Å². The summed E-state index contributed by atoms with van der Waals surface area (Å²) in [6.07, 6.45) is 8.12. The number of aromatic nitrogens is 4. The van der Waals surface area contributed by atoms with Crippen molar-refractivity contribution in [1.29, 1.82) is 0 Å². The maximum Gasteiger partial charge on any atom is 0.341 e. The zero-order valence-corrected chi connectivity index (χ0v) is 35.3. The van der Waals surface area contributed by atoms with Crippen molar-refractivity contribution in [1.82, 2.24) is 29.6 Å². The quantitative estimate of drug-likeness (QED) is 0.0697. The fourth-order valence-electron chi connectivity index (χ4n) is 8.12. The highest BCUT2D eigenvalue weighted by molar-refractivity contribution is 5.95. The van der Waals surface area contributed by atoms with Crippen LogP contribution in [0.1, 0.15) is 83.3 Å². The summed E-state index contributed by atoms with van der Waals surface area (Å²) in [7, 11) is 1.36. The molecular formula is C49H60N8O4. The van der Waals surface area contributed by atoms with Crippen LogP contribution in [0.25, 0.3) is 5.65 Å². The van der Waals surface area contributed by atoms with Crippen LogP contribution in [0, 0.1) is 0 Å². The predicted octanol–water partition coefficient (Wildman–Crippen LogP) is 7.59. The van der Waals surface area contributed by atoms with Crippen molar-refractivity contribution in [3.05, 3.63) is 162 Å². The van der Waals surface area contributed by atoms with Crippen molar-refractivity contribution in [3.8, 4) is 0 Å². The number of nitrogens with one attached hydrogen (secondary N) is 1. The molecule has 12 heteroatoms. The summed E-state index contributed by atoms with van der Waals surface area (Å²) < 4.78 is 19.5. The second-order valence-electron chi connectivity index (χ2n) is 15.7. The monoisotopic (exact) mass is 824 g/mol. The van der Waals surface area contributed by atoms with Crippen molar-refractivity contribution in [2.24, 2.45) is 5.73 Å². The molecule has 0 saturated carbocycles. The van der Waals surface area contributed by atoms with Gasteiger partial charge in [0.1, 0.15) is 24.1 Å². The molecule has 0 bridgehead atoms. The van der Waals surface area contributed by atoms with Gasteiger partial charge in [0.2, 0.25) is 0 Å². The predicted molar refractivity (Wildman–Crippen MR) is 239 cm³/mol. The number of rotatable bonds is 17. The second-order valence-corrected chi connectivity index (χ2v) is 15.7. The third-order valence-corrected chi connectivity index (χ3v) is 11.4. The Morgan fingerprint density at radius 2 is 1.13 bits per heavy atom. The van der Waals surface area contributed by atoms with Crippen LogP contribution in [-0.2, 0) is 14.2 Å². The van der Waals surface area contributed by atoms with E-state index in [1.807, 2.05) is 12.1 Å². The Balaban J connectivity index is 0.000000202. The molecule has 2 saturated heterocycles. The maximum atomic E-state index is 12.2. The Morgan fingerprint density at radius 1 is 0.689 bits per heavy atom. The highest BCUT2D eigenvalue weighted by atomic mass is 16.5. The van der Waals surface area contributed by atoms with E-state index >= 15 is 0 Å². The molecule has 0 aliphatic carbocycles. The molecule has 320 valence electrons. The molecule has 6 aromatic rings. The Morgan fingerprint density at radius 3 is 1.56 bits per heavy atom. The summed E-state index contributed by atoms with van der Waals surface area (Å²) in [4.78, 5) is 21.3. The van der Waals surface area contributed by atoms with Gasteiger partial charge >= 0.3 is 5.97 Å². The fraction of sp³-hybridized carbons (Fsp3) is 0.388. The van der Waals surface area contributed by atoms with Gasteiger partial charge in [0.15, 0.2) is 11.5 Å². The SMILES string of the molecule is COC(=O)c1cc2ncnn2nc1NCCCN1CCC(OC(c2ccccc2)c2ccccc2)CC1.NCCCN1CCC(OC(c2ccccc2)c2ccccc2)CC1. The summed E-state index contributed by atoms with van der Waals surface area (Å²) in [5, 5.41) is 11.7. The number of anilines is 1. The number of piperidine rings is 2. The van der Waals surface area contributed by atoms with E-state index in [2.05, 4.69) is 139 Å². The molecule has 2 aliphatic heterocycles. The van der Waals surface area contributed by atoms with Gasteiger partial charge in [-0.3, -0.25) is 0 Å². The van der Waals surface area contributed by atoms with Crippen LogP contribution in [0.4, 0.5) is 5.82 Å². The molecule has 0 spiro atoms. The number of nitrogens with zero attached hydrogens (tertiary/aromatic N) is 6. The molecule has 3 N–H and O–H groups in total. The van der Waals surface area contributed by atoms with E-state index in [1.54, 1.807) is 6.07 Å². The van der Waals surface area contributed by atoms with E-state index in [9.17, 15) is 4.79 Å². The average molecular weight is 825 g/mol. The number of hydrogen-bond acceptors (Lipinski definition) is 11. The number of nitrogens with two attached hydrogens (primary N) is 1. The number of carbonyl (C=O) groups excluding carboxylic acids is 1. The minimum Gasteiger partial charge on any atom is -0.465 e. The first kappa shape index (κ1) is 43.6. The lowest BCUT2D eigenvalue weighted by Crippen LogP contribution is -2.38. The number of likely N-dealkylation sites (tertiary alicyclic amines) is 2. The maximum absolute atomic E-state index is 12.2. The van der Waals surface area contributed by atoms with Crippen LogP contribution in [0.2, 0.25) is 0 Å². The molecule has 2 fully saturated rings. The van der Waals surface area contributed by atoms with Crippen LogP contribution in [-0.4, -0.2) is 107 Å². The molecule has 0 radical (unpaired) electrons. The van der Waals surface area contributed by atoms with Gasteiger partial charge in [0.05, 0.1) is 19.3 Å². The summed E-state index contributed by atoms with van der Waals surface area (Å²) in [6, 6.07) is 43.7. The van der Waals surface area contributed by atoms with Crippen molar-refractivity contribution >= 4 is 17.4 Å². The van der Waals surface area contributed by atoms with Crippen LogP contribution in [0.5, 0.6) is 0 Å². The first-order chi connectivity index (χ1) is 30.1. The lowest BCUT2D eigenvalue weighted by Gasteiger charge is -2.34. The molecule has 8 rings (SSSR count). The van der Waals surface area contributed by atoms with Crippen LogP contribution in [0.15, 0.2) is 134 Å². The van der Waals surface area contributed by atoms with Crippen LogP contribution < -0.4 is 11.1 Å². The van der Waals surface area contributed by atoms with Crippen molar-refractivity contribution in [2.45, 2.75) is 62.9 Å². The first-order valence-corrected chi connectivity index (χ1v) is 21.8. The van der Waals surface area contributed by atoms with Gasteiger partial charge in [-0.25, -0.2) is 9.78 Å². The molecule has 12 nitrogen and oxygen atoms in total. The summed E-state index contributed by atoms with van der Waals surface area (Å²) in [6.45, 7) is 7.75. The van der Waals surface area contributed by atoms with Crippen molar-refractivity contribution in [2.75, 3.05) is 64.8 Å². The molecule has 0 atom stereocenters. The summed E-state index contributed by atoms with van der Waals surface area (Å²) in [5.74, 6) is -0.00305. The summed E-state index contributed by atoms with van der Waals surface area (Å²) in [5.41, 5.74) is 11.3. The van der Waals surface area contributed by atoms with Gasteiger partial charge in [-0.2, -0.15) is 0 Å². The van der Waals surface area contributed by atoms with E-state index in [4.69, 9.17) is 19.9 Å². The first-order valence-electron chi connectivity index (χ1n) is 21.8. The molecule has 0 amide bonds. The van der Waals surface area contributed by atoms with Crippen molar-refractivity contribution in [3.63, 3.8) is 0 Å². The van der Waals surface area contributed by atoms with Gasteiger partial charge in [0, 0.05) is 38.8 Å². The highest BCUT2D eigenvalue weighted by Crippen LogP contribution is 2.31. The van der Waals surface area contributed by atoms with Gasteiger partial charge < -0.3 is 35.1 Å². The summed E-state index contributed by atoms with van der Waals surface area (Å²) >= 11 is 0. The lowest BCUT2D eigenvalue weighted by atomic mass is 10.00. The minimum atomic E-state index is -0.452. The molecule has 2 aromatic heterocycles. The standard InChI is InChI=1S/C28H32N6O3.C21H28N2O/c1-36-28(35)24-19-25-30-20-31-34(25)32-27(24)29-15-8-16-33-17-13-23(14-18-33)37-26(21-9-4-2-5-10-21)22-11-6-3-7-12-22;22-14-7-15-23-16-12-20(13-17-23)24-21(18-8-3-1-4-9-18)19-10-5-2-6-11-19/h2-7,9-12,19-20,23,26H,8,13-18H2,1H3,(H,29,32);1-6,8-11,20-21H,7,12-17,22H2. The minimum absolute atomic E-state index is 0.0213. The third-order valence-electron chi connectivity index (χ3n) is 11.4. The number of fused-ring (bicyclic) bond motifs is 1. The Bertz CT molecular complexity index is 2080. The Kier molecular flexibility index (Phi) is 16.4. The molecule has 4 heterocycles. The Labute approximate surface area is 360 Å². The number of esters is 1. The van der Waals surface area contributed by atoms with Gasteiger partial charge in [-0.15, -0.1) is 14.8 Å². The van der Waals surface area contributed by atoms with E-state index in [1.165, 1.54) is 40.3 Å². The van der Waals surface area contributed by atoms with E-state index in [0.29, 0.717) is 29.7 Å². The number of carbonyl (C=O) groups is 1. The van der Waals surface area contributed by atoms with Gasteiger partial charge in [0.25, 0.3) is 0 Å². The van der Waals surface area contributed by atoms with Crippen LogP contribution >= 0.6 is 0 Å². The second kappa shape index (κ2) is 22.9. The normalized spacial score (nSPS) is 15.5. The third kappa shape index (κ3) is 12.5. The molecule has 0 unspecified atom stereocenters. The van der Waals surface area contributed by atoms with Gasteiger partial charge in [-0.05, 0) is 80.4 Å². The number of benzene rings is 4. The number of methoxy groups -OCH3 is 1. The smallest absolute Gasteiger partial charge is 0.341 e. The van der Waals surface area contributed by atoms with E-state index in [-0.39, 0.29) is 18.3 Å². The van der Waals surface area contributed by atoms with E-state index in [0.717, 1.165) is 84.3 Å². The molecule has 4 aromatic carbocycles. The van der Waals surface area contributed by atoms with E-state index < -0.39 is 5.97 Å². The van der Waals surface area contributed by atoms with Crippen molar-refractivity contribution < 1.29 is 19.0 Å². The molecule has 2 aliphatic rings. The van der Waals surface area contributed by atoms with Crippen LogP contribution in [0.3, 0.4) is 0 Å². The zero-order valence-electron chi connectivity index (χ0n) is 35.3. The fourth-order valence-corrected chi connectivity index (χ4v) is 8.12. The average Bonchev–Trinajstić information content (AvgIpc) is 3.80. The number of hydrogen-bond donors (Lipinski definition) is 2. The Hall–Kier alpha value is -5.50. The molecular weight excluding hydrogens is 765 g/mol. The highest BCUT2D eigenvalue weighted by Gasteiger charge is 2.26. The lowest BCUT2D eigenvalue weighted by molar-refractivity contribution is -0.0270.